The molecule has 7 nitrogen and oxygen atoms in total. The number of hydrogen-bond acceptors (Lipinski definition) is 4. The van der Waals surface area contributed by atoms with Gasteiger partial charge < -0.3 is 4.98 Å². The van der Waals surface area contributed by atoms with Gasteiger partial charge in [0.2, 0.25) is 5.78 Å². The number of H-pyrrole nitrogens is 1. The van der Waals surface area contributed by atoms with Crippen molar-refractivity contribution >= 4 is 5.78 Å². The Bertz CT molecular complexity index is 944. The van der Waals surface area contributed by atoms with Crippen LogP contribution in [0.5, 0.6) is 0 Å². The van der Waals surface area contributed by atoms with Crippen LogP contribution in [0.3, 0.4) is 0 Å². The number of aromatic amines is 1. The molecule has 1 N–H and O–H groups in total. The van der Waals surface area contributed by atoms with Crippen LogP contribution in [0.2, 0.25) is 0 Å². The number of rotatable bonds is 2. The van der Waals surface area contributed by atoms with Crippen LogP contribution in [-0.4, -0.2) is 35.5 Å². The molecule has 3 heterocycles. The molecule has 0 aromatic carbocycles. The summed E-state index contributed by atoms with van der Waals surface area (Å²) in [6.45, 7) is 5.72. The van der Waals surface area contributed by atoms with Gasteiger partial charge in [0.05, 0.1) is 29.4 Å². The van der Waals surface area contributed by atoms with Gasteiger partial charge in [-0.25, -0.2) is 0 Å². The minimum atomic E-state index is -4.53. The molecule has 0 amide bonds. The number of fused-ring (bicyclic) bond motifs is 1. The van der Waals surface area contributed by atoms with E-state index in [2.05, 4.69) is 20.2 Å². The highest BCUT2D eigenvalue weighted by molar-refractivity contribution is 5.63. The summed E-state index contributed by atoms with van der Waals surface area (Å²) in [4.78, 5) is 19.0. The summed E-state index contributed by atoms with van der Waals surface area (Å²) in [5.41, 5.74) is -1.19. The second-order valence-electron chi connectivity index (χ2n) is 6.42. The van der Waals surface area contributed by atoms with Gasteiger partial charge in [0.25, 0.3) is 5.56 Å². The zero-order valence-corrected chi connectivity index (χ0v) is 13.2. The van der Waals surface area contributed by atoms with Gasteiger partial charge in [0.1, 0.15) is 6.33 Å². The van der Waals surface area contributed by atoms with E-state index in [0.29, 0.717) is 5.56 Å². The van der Waals surface area contributed by atoms with Gasteiger partial charge in [0, 0.05) is 11.8 Å². The van der Waals surface area contributed by atoms with E-state index in [9.17, 15) is 18.0 Å². The van der Waals surface area contributed by atoms with Crippen molar-refractivity contribution in [2.75, 3.05) is 0 Å². The molecule has 0 radical (unpaired) electrons. The van der Waals surface area contributed by atoms with Crippen molar-refractivity contribution in [3.63, 3.8) is 0 Å². The van der Waals surface area contributed by atoms with E-state index in [1.54, 1.807) is 10.9 Å². The van der Waals surface area contributed by atoms with Crippen LogP contribution in [0, 0.1) is 0 Å². The molecule has 0 aliphatic heterocycles. The fraction of sp³-hybridized carbons (Fsp3) is 0.429. The number of nitrogens with one attached hydrogen (secondary N) is 1. The Hall–Kier alpha value is -2.65. The predicted molar refractivity (Wildman–Crippen MR) is 79.6 cm³/mol. The third kappa shape index (κ3) is 2.91. The largest absolute Gasteiger partial charge is 0.393 e. The molecular formula is C14H15F3N6O. The molecule has 0 saturated heterocycles. The molecule has 0 aliphatic rings. The fourth-order valence-electron chi connectivity index (χ4n) is 2.33. The Labute approximate surface area is 134 Å². The Morgan fingerprint density at radius 2 is 1.92 bits per heavy atom. The number of nitrogens with zero attached hydrogens (tertiary/aromatic N) is 5. The van der Waals surface area contributed by atoms with Crippen molar-refractivity contribution in [1.29, 1.82) is 0 Å². The summed E-state index contributed by atoms with van der Waals surface area (Å²) in [7, 11) is 0. The van der Waals surface area contributed by atoms with Crippen LogP contribution in [0.1, 0.15) is 26.3 Å². The second-order valence-corrected chi connectivity index (χ2v) is 6.42. The van der Waals surface area contributed by atoms with E-state index in [-0.39, 0.29) is 17.0 Å². The molecule has 24 heavy (non-hydrogen) atoms. The molecule has 0 spiro atoms. The van der Waals surface area contributed by atoms with Crippen LogP contribution in [-0.2, 0) is 12.0 Å². The number of halogens is 3. The third-order valence-electron chi connectivity index (χ3n) is 3.47. The quantitative estimate of drug-likeness (QED) is 0.775. The number of hydrogen-bond donors (Lipinski definition) is 1. The monoisotopic (exact) mass is 340 g/mol. The second kappa shape index (κ2) is 5.18. The molecule has 10 heteroatoms. The molecular weight excluding hydrogens is 325 g/mol. The highest BCUT2D eigenvalue weighted by Crippen LogP contribution is 2.27. The average molecular weight is 340 g/mol. The highest BCUT2D eigenvalue weighted by atomic mass is 19.4. The minimum Gasteiger partial charge on any atom is -0.323 e. The molecule has 0 bridgehead atoms. The minimum absolute atomic E-state index is 0.0494. The van der Waals surface area contributed by atoms with Crippen molar-refractivity contribution in [3.8, 4) is 11.3 Å². The summed E-state index contributed by atoms with van der Waals surface area (Å²) < 4.78 is 41.2. The van der Waals surface area contributed by atoms with Gasteiger partial charge in [0.15, 0.2) is 0 Å². The van der Waals surface area contributed by atoms with E-state index in [0.717, 1.165) is 10.8 Å². The summed E-state index contributed by atoms with van der Waals surface area (Å²) >= 11 is 0. The van der Waals surface area contributed by atoms with Gasteiger partial charge in [-0.15, -0.1) is 0 Å². The lowest BCUT2D eigenvalue weighted by Crippen LogP contribution is -2.26. The van der Waals surface area contributed by atoms with Crippen LogP contribution < -0.4 is 5.56 Å². The van der Waals surface area contributed by atoms with Crippen molar-refractivity contribution in [2.24, 2.45) is 0 Å². The molecule has 0 aliphatic carbocycles. The van der Waals surface area contributed by atoms with Gasteiger partial charge in [-0.3, -0.25) is 9.48 Å². The van der Waals surface area contributed by atoms with Crippen molar-refractivity contribution in [3.05, 3.63) is 34.6 Å². The fourth-order valence-corrected chi connectivity index (χ4v) is 2.33. The van der Waals surface area contributed by atoms with Gasteiger partial charge >= 0.3 is 6.18 Å². The lowest BCUT2D eigenvalue weighted by molar-refractivity contribution is -0.127. The normalized spacial score (nSPS) is 12.9. The highest BCUT2D eigenvalue weighted by Gasteiger charge is 2.32. The molecule has 3 rings (SSSR count). The topological polar surface area (TPSA) is 80.9 Å². The molecule has 0 atom stereocenters. The van der Waals surface area contributed by atoms with Crippen LogP contribution >= 0.6 is 0 Å². The standard InChI is InChI=1S/C14H15F3N6O/c1-13(2,3)22-6-8(5-19-22)10-9(4-14(15,16)17)11(24)23-12(21-10)18-7-20-23/h5-7H,4H2,1-3H3,(H,18,20,21). The molecule has 0 fully saturated rings. The smallest absolute Gasteiger partial charge is 0.323 e. The lowest BCUT2D eigenvalue weighted by atomic mass is 10.1. The zero-order valence-electron chi connectivity index (χ0n) is 13.2. The lowest BCUT2D eigenvalue weighted by Gasteiger charge is -2.18. The van der Waals surface area contributed by atoms with E-state index < -0.39 is 23.7 Å². The van der Waals surface area contributed by atoms with Crippen molar-refractivity contribution in [2.45, 2.75) is 38.9 Å². The number of alkyl halides is 3. The van der Waals surface area contributed by atoms with Crippen molar-refractivity contribution < 1.29 is 13.2 Å². The van der Waals surface area contributed by atoms with Crippen molar-refractivity contribution in [1.82, 2.24) is 29.4 Å². The third-order valence-corrected chi connectivity index (χ3v) is 3.47. The van der Waals surface area contributed by atoms with E-state index in [1.165, 1.54) is 6.20 Å². The summed E-state index contributed by atoms with van der Waals surface area (Å²) in [6, 6.07) is 0. The van der Waals surface area contributed by atoms with Crippen LogP contribution in [0.4, 0.5) is 13.2 Å². The maximum absolute atomic E-state index is 12.9. The van der Waals surface area contributed by atoms with Crippen LogP contribution in [0.15, 0.2) is 23.5 Å². The SMILES string of the molecule is CC(C)(C)n1cc(-c2[nH]c3ncnn3c(=O)c2CC(F)(F)F)cn1. The first kappa shape index (κ1) is 16.2. The van der Waals surface area contributed by atoms with Gasteiger partial charge in [-0.05, 0) is 20.8 Å². The average Bonchev–Trinajstić information content (AvgIpc) is 3.08. The molecule has 3 aromatic rings. The Balaban J connectivity index is 2.24. The molecule has 0 saturated carbocycles. The number of aromatic nitrogens is 6. The van der Waals surface area contributed by atoms with Crippen LogP contribution in [0.25, 0.3) is 17.0 Å². The van der Waals surface area contributed by atoms with Gasteiger partial charge in [-0.2, -0.15) is 32.9 Å². The van der Waals surface area contributed by atoms with E-state index in [1.807, 2.05) is 20.8 Å². The van der Waals surface area contributed by atoms with Gasteiger partial charge in [-0.1, -0.05) is 0 Å². The summed E-state index contributed by atoms with van der Waals surface area (Å²) in [6.07, 6.45) is -1.78. The zero-order chi connectivity index (χ0) is 17.7. The maximum atomic E-state index is 12.9. The van der Waals surface area contributed by atoms with E-state index in [4.69, 9.17) is 0 Å². The summed E-state index contributed by atoms with van der Waals surface area (Å²) in [5, 5.41) is 7.83. The Morgan fingerprint density at radius 3 is 2.50 bits per heavy atom. The van der Waals surface area contributed by atoms with E-state index >= 15 is 0 Å². The maximum Gasteiger partial charge on any atom is 0.393 e. The molecule has 3 aromatic heterocycles. The first-order valence-corrected chi connectivity index (χ1v) is 7.13. The molecule has 0 unspecified atom stereocenters. The molecule has 128 valence electrons. The Kier molecular flexibility index (Phi) is 3.50. The summed E-state index contributed by atoms with van der Waals surface area (Å²) in [5.74, 6) is 0.0735. The first-order chi connectivity index (χ1) is 11.1. The Morgan fingerprint density at radius 1 is 1.21 bits per heavy atom. The predicted octanol–water partition coefficient (Wildman–Crippen LogP) is 2.14. The first-order valence-electron chi connectivity index (χ1n) is 7.13.